The van der Waals surface area contributed by atoms with Crippen LogP contribution in [0.3, 0.4) is 0 Å². The normalized spacial score (nSPS) is 23.0. The second-order valence-electron chi connectivity index (χ2n) is 6.48. The lowest BCUT2D eigenvalue weighted by Gasteiger charge is -2.37. The summed E-state index contributed by atoms with van der Waals surface area (Å²) in [5, 5.41) is 0. The van der Waals surface area contributed by atoms with Crippen LogP contribution < -0.4 is 11.5 Å². The Kier molecular flexibility index (Phi) is 4.45. The molecule has 0 aromatic rings. The number of carbonyl (C=O) groups is 2. The van der Waals surface area contributed by atoms with Gasteiger partial charge in [-0.1, -0.05) is 0 Å². The summed E-state index contributed by atoms with van der Waals surface area (Å²) in [4.78, 5) is 24.8. The maximum Gasteiger partial charge on any atom is 0.410 e. The SMILES string of the molecule is CC(C)(C)OC(=O)N1CCCC1C(C)(N)CC(N)=O. The Balaban J connectivity index is 2.79. The van der Waals surface area contributed by atoms with Crippen LogP contribution in [0.25, 0.3) is 0 Å². The molecule has 0 aliphatic carbocycles. The van der Waals surface area contributed by atoms with Gasteiger partial charge in [-0.25, -0.2) is 4.79 Å². The van der Waals surface area contributed by atoms with Crippen molar-refractivity contribution in [1.82, 2.24) is 4.90 Å². The number of nitrogens with two attached hydrogens (primary N) is 2. The zero-order valence-corrected chi connectivity index (χ0v) is 12.2. The average Bonchev–Trinajstić information content (AvgIpc) is 2.60. The molecule has 0 spiro atoms. The van der Waals surface area contributed by atoms with E-state index in [1.807, 2.05) is 20.8 Å². The van der Waals surface area contributed by atoms with Gasteiger partial charge < -0.3 is 21.1 Å². The van der Waals surface area contributed by atoms with Gasteiger partial charge in [-0.15, -0.1) is 0 Å². The number of primary amides is 1. The molecule has 2 atom stereocenters. The van der Waals surface area contributed by atoms with Crippen LogP contribution >= 0.6 is 0 Å². The van der Waals surface area contributed by atoms with E-state index in [2.05, 4.69) is 0 Å². The predicted octanol–water partition coefficient (Wildman–Crippen LogP) is 0.979. The summed E-state index contributed by atoms with van der Waals surface area (Å²) in [6.45, 7) is 7.82. The first kappa shape index (κ1) is 15.8. The first-order valence-electron chi connectivity index (χ1n) is 6.60. The Labute approximate surface area is 114 Å². The first-order chi connectivity index (χ1) is 8.53. The number of hydrogen-bond donors (Lipinski definition) is 2. The van der Waals surface area contributed by atoms with Gasteiger partial charge in [-0.3, -0.25) is 4.79 Å². The van der Waals surface area contributed by atoms with E-state index in [4.69, 9.17) is 16.2 Å². The molecule has 1 saturated heterocycles. The van der Waals surface area contributed by atoms with Gasteiger partial charge in [0.25, 0.3) is 0 Å². The smallest absolute Gasteiger partial charge is 0.410 e. The van der Waals surface area contributed by atoms with E-state index >= 15 is 0 Å². The van der Waals surface area contributed by atoms with Crippen molar-refractivity contribution in [3.8, 4) is 0 Å². The highest BCUT2D eigenvalue weighted by atomic mass is 16.6. The van der Waals surface area contributed by atoms with Gasteiger partial charge in [0.1, 0.15) is 5.60 Å². The lowest BCUT2D eigenvalue weighted by atomic mass is 9.88. The fourth-order valence-electron chi connectivity index (χ4n) is 2.48. The zero-order chi connectivity index (χ0) is 14.8. The van der Waals surface area contributed by atoms with Crippen LogP contribution in [0, 0.1) is 0 Å². The maximum absolute atomic E-state index is 12.1. The molecular formula is C13H25N3O3. The lowest BCUT2D eigenvalue weighted by Crippen LogP contribution is -2.57. The van der Waals surface area contributed by atoms with Gasteiger partial charge in [0.2, 0.25) is 5.91 Å². The van der Waals surface area contributed by atoms with Gasteiger partial charge in [-0.2, -0.15) is 0 Å². The number of likely N-dealkylation sites (tertiary alicyclic amines) is 1. The Morgan fingerprint density at radius 1 is 1.32 bits per heavy atom. The summed E-state index contributed by atoms with van der Waals surface area (Å²) in [7, 11) is 0. The number of amides is 2. The molecule has 1 heterocycles. The van der Waals surface area contributed by atoms with Crippen LogP contribution in [0.4, 0.5) is 4.79 Å². The van der Waals surface area contributed by atoms with Gasteiger partial charge >= 0.3 is 6.09 Å². The highest BCUT2D eigenvalue weighted by molar-refractivity contribution is 5.75. The third-order valence-electron chi connectivity index (χ3n) is 3.20. The minimum absolute atomic E-state index is 0.0525. The van der Waals surface area contributed by atoms with Crippen LogP contribution in [-0.2, 0) is 9.53 Å². The first-order valence-corrected chi connectivity index (χ1v) is 6.60. The summed E-state index contributed by atoms with van der Waals surface area (Å²) >= 11 is 0. The number of hydrogen-bond acceptors (Lipinski definition) is 4. The lowest BCUT2D eigenvalue weighted by molar-refractivity contribution is -0.119. The van der Waals surface area contributed by atoms with Crippen molar-refractivity contribution >= 4 is 12.0 Å². The van der Waals surface area contributed by atoms with E-state index in [1.54, 1.807) is 11.8 Å². The number of nitrogens with zero attached hydrogens (tertiary/aromatic N) is 1. The van der Waals surface area contributed by atoms with Crippen LogP contribution in [0.5, 0.6) is 0 Å². The van der Waals surface area contributed by atoms with Crippen molar-refractivity contribution in [2.75, 3.05) is 6.54 Å². The third kappa shape index (κ3) is 4.38. The van der Waals surface area contributed by atoms with Crippen molar-refractivity contribution in [2.24, 2.45) is 11.5 Å². The van der Waals surface area contributed by atoms with E-state index in [9.17, 15) is 9.59 Å². The van der Waals surface area contributed by atoms with Crippen LogP contribution in [0.15, 0.2) is 0 Å². The predicted molar refractivity (Wildman–Crippen MR) is 72.4 cm³/mol. The Hall–Kier alpha value is -1.30. The molecule has 110 valence electrons. The van der Waals surface area contributed by atoms with E-state index in [-0.39, 0.29) is 18.6 Å². The fraction of sp³-hybridized carbons (Fsp3) is 0.846. The number of rotatable bonds is 3. The summed E-state index contributed by atoms with van der Waals surface area (Å²) in [5.41, 5.74) is 10.0. The molecule has 2 unspecified atom stereocenters. The standard InChI is InChI=1S/C13H25N3O3/c1-12(2,3)19-11(18)16-7-5-6-9(16)13(4,15)8-10(14)17/h9H,5-8,15H2,1-4H3,(H2,14,17). The Morgan fingerprint density at radius 3 is 2.37 bits per heavy atom. The van der Waals surface area contributed by atoms with Gasteiger partial charge in [0.15, 0.2) is 0 Å². The number of carbonyl (C=O) groups excluding carboxylic acids is 2. The molecule has 4 N–H and O–H groups in total. The second kappa shape index (κ2) is 5.36. The fourth-order valence-corrected chi connectivity index (χ4v) is 2.48. The van der Waals surface area contributed by atoms with Gasteiger partial charge in [0, 0.05) is 18.5 Å². The highest BCUT2D eigenvalue weighted by Crippen LogP contribution is 2.29. The van der Waals surface area contributed by atoms with Gasteiger partial charge in [0.05, 0.1) is 6.04 Å². The summed E-state index contributed by atoms with van der Waals surface area (Å²) in [5.74, 6) is -0.457. The maximum atomic E-state index is 12.1. The third-order valence-corrected chi connectivity index (χ3v) is 3.20. The molecule has 0 aromatic carbocycles. The molecule has 6 nitrogen and oxygen atoms in total. The topological polar surface area (TPSA) is 98.7 Å². The second-order valence-corrected chi connectivity index (χ2v) is 6.48. The Morgan fingerprint density at radius 2 is 1.89 bits per heavy atom. The van der Waals surface area contributed by atoms with Crippen molar-refractivity contribution in [3.63, 3.8) is 0 Å². The molecule has 19 heavy (non-hydrogen) atoms. The molecule has 1 aliphatic rings. The van der Waals surface area contributed by atoms with Crippen LogP contribution in [0.2, 0.25) is 0 Å². The molecule has 0 bridgehead atoms. The molecule has 1 rings (SSSR count). The average molecular weight is 271 g/mol. The van der Waals surface area contributed by atoms with E-state index in [0.29, 0.717) is 6.54 Å². The highest BCUT2D eigenvalue weighted by Gasteiger charge is 2.42. The van der Waals surface area contributed by atoms with Crippen molar-refractivity contribution in [2.45, 2.75) is 64.1 Å². The quantitative estimate of drug-likeness (QED) is 0.799. The zero-order valence-electron chi connectivity index (χ0n) is 12.2. The van der Waals surface area contributed by atoms with Crippen LogP contribution in [-0.4, -0.2) is 40.6 Å². The van der Waals surface area contributed by atoms with Crippen molar-refractivity contribution in [3.05, 3.63) is 0 Å². The Bertz CT molecular complexity index is 361. The van der Waals surface area contributed by atoms with Gasteiger partial charge in [-0.05, 0) is 40.5 Å². The van der Waals surface area contributed by atoms with Crippen LogP contribution in [0.1, 0.15) is 47.0 Å². The molecule has 1 aliphatic heterocycles. The molecule has 0 saturated carbocycles. The minimum Gasteiger partial charge on any atom is -0.444 e. The summed E-state index contributed by atoms with van der Waals surface area (Å²) in [6.07, 6.45) is 1.29. The largest absolute Gasteiger partial charge is 0.444 e. The molecule has 2 amide bonds. The summed E-state index contributed by atoms with van der Waals surface area (Å²) < 4.78 is 5.37. The molecule has 0 aromatic heterocycles. The van der Waals surface area contributed by atoms with Crippen molar-refractivity contribution < 1.29 is 14.3 Å². The monoisotopic (exact) mass is 271 g/mol. The van der Waals surface area contributed by atoms with E-state index in [0.717, 1.165) is 12.8 Å². The van der Waals surface area contributed by atoms with Crippen molar-refractivity contribution in [1.29, 1.82) is 0 Å². The summed E-state index contributed by atoms with van der Waals surface area (Å²) in [6, 6.07) is -0.213. The minimum atomic E-state index is -0.820. The van der Waals surface area contributed by atoms with E-state index < -0.39 is 17.0 Å². The molecule has 6 heteroatoms. The molecule has 0 radical (unpaired) electrons. The molecule has 1 fully saturated rings. The number of ether oxygens (including phenoxy) is 1. The molecular weight excluding hydrogens is 246 g/mol. The van der Waals surface area contributed by atoms with E-state index in [1.165, 1.54) is 0 Å².